The van der Waals surface area contributed by atoms with Crippen LogP contribution >= 0.6 is 0 Å². The third-order valence-electron chi connectivity index (χ3n) is 2.81. The van der Waals surface area contributed by atoms with Crippen LogP contribution in [0, 0.1) is 0 Å². The summed E-state index contributed by atoms with van der Waals surface area (Å²) in [4.78, 5) is 2.93. The Labute approximate surface area is 113 Å². The Kier molecular flexibility index (Phi) is 10.1. The van der Waals surface area contributed by atoms with E-state index in [4.69, 9.17) is 9.96 Å². The standard InChI is InChI=1S/C13H29N3OSi/c1-5-6-7-8-9-10-11-13(15-16-14)12-17-18(2,3)4/h13H,5-12H2,1-4H3. The van der Waals surface area contributed by atoms with E-state index in [1.54, 1.807) is 0 Å². The van der Waals surface area contributed by atoms with Crippen LogP contribution in [0.2, 0.25) is 19.6 Å². The maximum Gasteiger partial charge on any atom is 0.183 e. The number of unbranched alkanes of at least 4 members (excludes halogenated alkanes) is 5. The molecule has 0 aromatic heterocycles. The first-order valence-electron chi connectivity index (χ1n) is 7.17. The van der Waals surface area contributed by atoms with Crippen LogP contribution in [0.15, 0.2) is 5.11 Å². The fourth-order valence-corrected chi connectivity index (χ4v) is 2.45. The van der Waals surface area contributed by atoms with Crippen LogP contribution < -0.4 is 0 Å². The van der Waals surface area contributed by atoms with Gasteiger partial charge in [-0.3, -0.25) is 0 Å². The topological polar surface area (TPSA) is 58.0 Å². The van der Waals surface area contributed by atoms with Crippen molar-refractivity contribution in [2.75, 3.05) is 6.61 Å². The molecule has 0 saturated carbocycles. The summed E-state index contributed by atoms with van der Waals surface area (Å²) in [7, 11) is -1.50. The van der Waals surface area contributed by atoms with Gasteiger partial charge in [0, 0.05) is 11.5 Å². The molecule has 0 bridgehead atoms. The summed E-state index contributed by atoms with van der Waals surface area (Å²) in [5, 5.41) is 3.84. The molecule has 0 spiro atoms. The molecule has 0 aromatic carbocycles. The first-order valence-corrected chi connectivity index (χ1v) is 10.6. The highest BCUT2D eigenvalue weighted by Crippen LogP contribution is 2.13. The van der Waals surface area contributed by atoms with Gasteiger partial charge in [-0.1, -0.05) is 50.6 Å². The second-order valence-electron chi connectivity index (χ2n) is 5.84. The van der Waals surface area contributed by atoms with Crippen molar-refractivity contribution in [3.05, 3.63) is 10.4 Å². The summed E-state index contributed by atoms with van der Waals surface area (Å²) in [6, 6.07) is 0.0212. The zero-order valence-corrected chi connectivity index (χ0v) is 13.5. The number of rotatable bonds is 11. The molecule has 0 radical (unpaired) electrons. The van der Waals surface area contributed by atoms with Crippen molar-refractivity contribution in [1.82, 2.24) is 0 Å². The van der Waals surface area contributed by atoms with Gasteiger partial charge in [-0.05, 0) is 31.6 Å². The number of hydrogen-bond acceptors (Lipinski definition) is 2. The van der Waals surface area contributed by atoms with Crippen LogP contribution in [0.3, 0.4) is 0 Å². The summed E-state index contributed by atoms with van der Waals surface area (Å²) >= 11 is 0. The van der Waals surface area contributed by atoms with E-state index in [0.717, 1.165) is 12.8 Å². The molecule has 0 rings (SSSR count). The zero-order valence-electron chi connectivity index (χ0n) is 12.5. The highest BCUT2D eigenvalue weighted by molar-refractivity contribution is 6.69. The van der Waals surface area contributed by atoms with Crippen molar-refractivity contribution in [1.29, 1.82) is 0 Å². The highest BCUT2D eigenvalue weighted by atomic mass is 28.4. The molecule has 0 aliphatic carbocycles. The van der Waals surface area contributed by atoms with Gasteiger partial charge < -0.3 is 4.43 Å². The predicted molar refractivity (Wildman–Crippen MR) is 80.2 cm³/mol. The minimum atomic E-state index is -1.50. The minimum Gasteiger partial charge on any atom is -0.417 e. The molecular formula is C13H29N3OSi. The smallest absolute Gasteiger partial charge is 0.183 e. The Morgan fingerprint density at radius 1 is 1.11 bits per heavy atom. The van der Waals surface area contributed by atoms with Crippen molar-refractivity contribution in [3.63, 3.8) is 0 Å². The van der Waals surface area contributed by atoms with E-state index in [1.807, 2.05) is 0 Å². The lowest BCUT2D eigenvalue weighted by atomic mass is 10.1. The van der Waals surface area contributed by atoms with E-state index in [-0.39, 0.29) is 6.04 Å². The van der Waals surface area contributed by atoms with Gasteiger partial charge in [0.25, 0.3) is 0 Å². The van der Waals surface area contributed by atoms with E-state index >= 15 is 0 Å². The highest BCUT2D eigenvalue weighted by Gasteiger charge is 2.16. The molecule has 0 aliphatic rings. The Hall–Kier alpha value is -0.513. The molecule has 1 atom stereocenters. The van der Waals surface area contributed by atoms with E-state index in [9.17, 15) is 0 Å². The summed E-state index contributed by atoms with van der Waals surface area (Å²) in [5.41, 5.74) is 8.55. The molecule has 0 aliphatic heterocycles. The lowest BCUT2D eigenvalue weighted by Gasteiger charge is -2.20. The van der Waals surface area contributed by atoms with Gasteiger partial charge in [-0.15, -0.1) is 0 Å². The fourth-order valence-electron chi connectivity index (χ4n) is 1.75. The van der Waals surface area contributed by atoms with Gasteiger partial charge in [0.1, 0.15) is 0 Å². The van der Waals surface area contributed by atoms with Crippen LogP contribution in [0.5, 0.6) is 0 Å². The molecule has 0 aromatic rings. The quantitative estimate of drug-likeness (QED) is 0.166. The first kappa shape index (κ1) is 17.5. The zero-order chi connectivity index (χ0) is 13.9. The van der Waals surface area contributed by atoms with Crippen LogP contribution in [-0.2, 0) is 4.43 Å². The van der Waals surface area contributed by atoms with Gasteiger partial charge in [-0.2, -0.15) is 0 Å². The number of nitrogens with zero attached hydrogens (tertiary/aromatic N) is 3. The molecule has 106 valence electrons. The van der Waals surface area contributed by atoms with E-state index in [2.05, 4.69) is 36.6 Å². The SMILES string of the molecule is CCCCCCCCC(CO[Si](C)(C)C)N=[N+]=[N-]. The van der Waals surface area contributed by atoms with E-state index in [1.165, 1.54) is 32.1 Å². The maximum atomic E-state index is 8.55. The summed E-state index contributed by atoms with van der Waals surface area (Å²) in [6.07, 6.45) is 8.58. The van der Waals surface area contributed by atoms with E-state index < -0.39 is 8.32 Å². The molecule has 5 heteroatoms. The van der Waals surface area contributed by atoms with Gasteiger partial charge in [-0.25, -0.2) is 0 Å². The summed E-state index contributed by atoms with van der Waals surface area (Å²) < 4.78 is 5.81. The van der Waals surface area contributed by atoms with Crippen molar-refractivity contribution >= 4 is 8.32 Å². The van der Waals surface area contributed by atoms with Gasteiger partial charge in [0.15, 0.2) is 8.32 Å². The molecule has 18 heavy (non-hydrogen) atoms. The fraction of sp³-hybridized carbons (Fsp3) is 1.00. The van der Waals surface area contributed by atoms with Crippen molar-refractivity contribution in [3.8, 4) is 0 Å². The summed E-state index contributed by atoms with van der Waals surface area (Å²) in [6.45, 7) is 9.29. The molecular weight excluding hydrogens is 242 g/mol. The Morgan fingerprint density at radius 2 is 1.72 bits per heavy atom. The lowest BCUT2D eigenvalue weighted by Crippen LogP contribution is -2.29. The molecule has 0 saturated heterocycles. The number of hydrogen-bond donors (Lipinski definition) is 0. The Morgan fingerprint density at radius 3 is 2.28 bits per heavy atom. The Bertz CT molecular complexity index is 247. The second kappa shape index (κ2) is 10.4. The van der Waals surface area contributed by atoms with Gasteiger partial charge in [0.05, 0.1) is 6.04 Å². The number of azide groups is 1. The monoisotopic (exact) mass is 271 g/mol. The molecule has 0 fully saturated rings. The van der Waals surface area contributed by atoms with Crippen molar-refractivity contribution in [2.24, 2.45) is 5.11 Å². The normalized spacial score (nSPS) is 13.1. The van der Waals surface area contributed by atoms with Gasteiger partial charge >= 0.3 is 0 Å². The minimum absolute atomic E-state index is 0.0212. The lowest BCUT2D eigenvalue weighted by molar-refractivity contribution is 0.273. The van der Waals surface area contributed by atoms with Crippen LogP contribution in [0.4, 0.5) is 0 Å². The van der Waals surface area contributed by atoms with E-state index in [0.29, 0.717) is 6.61 Å². The Balaban J connectivity index is 3.73. The van der Waals surface area contributed by atoms with Gasteiger partial charge in [0.2, 0.25) is 0 Å². The van der Waals surface area contributed by atoms with Crippen molar-refractivity contribution in [2.45, 2.75) is 77.6 Å². The molecule has 4 nitrogen and oxygen atoms in total. The average molecular weight is 271 g/mol. The molecule has 1 unspecified atom stereocenters. The largest absolute Gasteiger partial charge is 0.417 e. The van der Waals surface area contributed by atoms with Crippen LogP contribution in [0.25, 0.3) is 10.4 Å². The summed E-state index contributed by atoms with van der Waals surface area (Å²) in [5.74, 6) is 0. The van der Waals surface area contributed by atoms with Crippen LogP contribution in [0.1, 0.15) is 51.9 Å². The predicted octanol–water partition coefficient (Wildman–Crippen LogP) is 5.27. The third kappa shape index (κ3) is 12.0. The van der Waals surface area contributed by atoms with Crippen LogP contribution in [-0.4, -0.2) is 21.0 Å². The maximum absolute atomic E-state index is 8.55. The molecule has 0 N–H and O–H groups in total. The first-order chi connectivity index (χ1) is 8.49. The average Bonchev–Trinajstić information content (AvgIpc) is 2.29. The third-order valence-corrected chi connectivity index (χ3v) is 3.85. The second-order valence-corrected chi connectivity index (χ2v) is 10.4. The molecule has 0 heterocycles. The molecule has 0 amide bonds. The van der Waals surface area contributed by atoms with Crippen molar-refractivity contribution < 1.29 is 4.43 Å².